The van der Waals surface area contributed by atoms with Crippen LogP contribution in [0.5, 0.6) is 5.75 Å². The molecule has 0 bridgehead atoms. The molecule has 110 valence electrons. The predicted molar refractivity (Wildman–Crippen MR) is 75.4 cm³/mol. The van der Waals surface area contributed by atoms with Crippen molar-refractivity contribution in [3.63, 3.8) is 0 Å². The first-order valence-corrected chi connectivity index (χ1v) is 6.43. The van der Waals surface area contributed by atoms with E-state index in [1.54, 1.807) is 6.92 Å². The lowest BCUT2D eigenvalue weighted by Crippen LogP contribution is -2.34. The molecule has 0 aromatic heterocycles. The number of aryl methyl sites for hydroxylation is 1. The zero-order valence-electron chi connectivity index (χ0n) is 12.3. The zero-order valence-corrected chi connectivity index (χ0v) is 12.3. The van der Waals surface area contributed by atoms with Crippen LogP contribution in [0.15, 0.2) is 23.8 Å². The fourth-order valence-electron chi connectivity index (χ4n) is 2.34. The highest BCUT2D eigenvalue weighted by Crippen LogP contribution is 2.36. The molecule has 0 heterocycles. The lowest BCUT2D eigenvalue weighted by atomic mass is 9.75. The van der Waals surface area contributed by atoms with Crippen molar-refractivity contribution < 1.29 is 24.2 Å². The number of phenolic OH excluding ortho intramolecular Hbond substituents is 1. The van der Waals surface area contributed by atoms with Crippen LogP contribution in [0.1, 0.15) is 40.1 Å². The Morgan fingerprint density at radius 1 is 1.19 bits per heavy atom. The van der Waals surface area contributed by atoms with E-state index in [1.165, 1.54) is 33.1 Å². The summed E-state index contributed by atoms with van der Waals surface area (Å²) in [5.74, 6) is -1.44. The van der Waals surface area contributed by atoms with Gasteiger partial charge in [0.1, 0.15) is 5.75 Å². The predicted octanol–water partition coefficient (Wildman–Crippen LogP) is 2.21. The molecule has 5 heteroatoms. The number of methoxy groups -OCH3 is 1. The Balaban J connectivity index is 2.61. The molecule has 21 heavy (non-hydrogen) atoms. The average Bonchev–Trinajstić information content (AvgIpc) is 2.43. The lowest BCUT2D eigenvalue weighted by Gasteiger charge is -2.27. The minimum Gasteiger partial charge on any atom is -0.508 e. The van der Waals surface area contributed by atoms with Gasteiger partial charge in [0.05, 0.1) is 12.5 Å². The maximum atomic E-state index is 12.6. The summed E-state index contributed by atoms with van der Waals surface area (Å²) in [4.78, 5) is 36.6. The van der Waals surface area contributed by atoms with Crippen LogP contribution in [-0.2, 0) is 9.53 Å². The number of Topliss-reactive ketones (excluding diaryl/α,β-unsaturated/α-hetero) is 1. The van der Waals surface area contributed by atoms with Crippen LogP contribution >= 0.6 is 0 Å². The Morgan fingerprint density at radius 3 is 2.38 bits per heavy atom. The van der Waals surface area contributed by atoms with E-state index in [1.807, 2.05) is 0 Å². The standard InChI is InChI=1S/C16H16O5/c1-8-5-10-9(6-12(8)17)13(18)7-11(14(10)19)16(2,3)15(20)21-4/h5-7,17H,1-4H3. The van der Waals surface area contributed by atoms with Crippen LogP contribution in [0.2, 0.25) is 0 Å². The second kappa shape index (κ2) is 4.84. The minimum atomic E-state index is -1.22. The first-order valence-electron chi connectivity index (χ1n) is 6.43. The molecular weight excluding hydrogens is 272 g/mol. The van der Waals surface area contributed by atoms with Crippen LogP contribution < -0.4 is 0 Å². The number of hydrogen-bond acceptors (Lipinski definition) is 5. The number of aromatic hydroxyl groups is 1. The van der Waals surface area contributed by atoms with Gasteiger partial charge in [0.25, 0.3) is 0 Å². The van der Waals surface area contributed by atoms with Gasteiger partial charge in [0, 0.05) is 16.7 Å². The topological polar surface area (TPSA) is 80.7 Å². The SMILES string of the molecule is COC(=O)C(C)(C)C1=CC(=O)c2cc(O)c(C)cc2C1=O. The molecule has 0 atom stereocenters. The Kier molecular flexibility index (Phi) is 3.45. The van der Waals surface area contributed by atoms with Crippen molar-refractivity contribution in [1.82, 2.24) is 0 Å². The number of allylic oxidation sites excluding steroid dienone is 1. The summed E-state index contributed by atoms with van der Waals surface area (Å²) < 4.78 is 4.70. The molecule has 0 aliphatic heterocycles. The van der Waals surface area contributed by atoms with Crippen molar-refractivity contribution in [2.24, 2.45) is 5.41 Å². The fraction of sp³-hybridized carbons (Fsp3) is 0.312. The van der Waals surface area contributed by atoms with Crippen molar-refractivity contribution in [3.8, 4) is 5.75 Å². The number of fused-ring (bicyclic) bond motifs is 1. The third kappa shape index (κ3) is 2.24. The lowest BCUT2D eigenvalue weighted by molar-refractivity contribution is -0.148. The van der Waals surface area contributed by atoms with Gasteiger partial charge in [-0.05, 0) is 44.5 Å². The zero-order chi connectivity index (χ0) is 15.9. The van der Waals surface area contributed by atoms with E-state index in [2.05, 4.69) is 0 Å². The first kappa shape index (κ1) is 15.0. The van der Waals surface area contributed by atoms with E-state index < -0.39 is 23.0 Å². The summed E-state index contributed by atoms with van der Waals surface area (Å²) in [6.45, 7) is 4.71. The molecule has 0 radical (unpaired) electrons. The molecule has 0 fully saturated rings. The van der Waals surface area contributed by atoms with E-state index in [9.17, 15) is 19.5 Å². The normalized spacial score (nSPS) is 14.6. The molecule has 0 saturated carbocycles. The summed E-state index contributed by atoms with van der Waals surface area (Å²) in [5, 5.41) is 9.67. The van der Waals surface area contributed by atoms with Gasteiger partial charge in [-0.25, -0.2) is 0 Å². The molecule has 5 nitrogen and oxygen atoms in total. The second-order valence-electron chi connectivity index (χ2n) is 5.55. The molecule has 0 amide bonds. The third-order valence-corrected chi connectivity index (χ3v) is 3.74. The largest absolute Gasteiger partial charge is 0.508 e. The Morgan fingerprint density at radius 2 is 1.81 bits per heavy atom. The van der Waals surface area contributed by atoms with Gasteiger partial charge >= 0.3 is 5.97 Å². The Bertz CT molecular complexity index is 695. The summed E-state index contributed by atoms with van der Waals surface area (Å²) in [6, 6.07) is 2.74. The number of benzene rings is 1. The number of ketones is 2. The molecule has 1 aliphatic rings. The van der Waals surface area contributed by atoms with Gasteiger partial charge in [-0.2, -0.15) is 0 Å². The highest BCUT2D eigenvalue weighted by molar-refractivity contribution is 6.26. The number of ether oxygens (including phenoxy) is 1. The van der Waals surface area contributed by atoms with Gasteiger partial charge in [0.15, 0.2) is 11.6 Å². The van der Waals surface area contributed by atoms with Crippen molar-refractivity contribution in [2.75, 3.05) is 7.11 Å². The van der Waals surface area contributed by atoms with Crippen molar-refractivity contribution >= 4 is 17.5 Å². The van der Waals surface area contributed by atoms with Crippen LogP contribution in [0.3, 0.4) is 0 Å². The van der Waals surface area contributed by atoms with Gasteiger partial charge < -0.3 is 9.84 Å². The van der Waals surface area contributed by atoms with Crippen molar-refractivity contribution in [3.05, 3.63) is 40.5 Å². The molecule has 2 rings (SSSR count). The molecule has 1 aliphatic carbocycles. The number of rotatable bonds is 2. The monoisotopic (exact) mass is 288 g/mol. The number of esters is 1. The first-order chi connectivity index (χ1) is 9.70. The van der Waals surface area contributed by atoms with Crippen LogP contribution in [0.4, 0.5) is 0 Å². The number of carbonyl (C=O) groups excluding carboxylic acids is 3. The maximum absolute atomic E-state index is 12.6. The molecule has 1 aromatic carbocycles. The highest BCUT2D eigenvalue weighted by atomic mass is 16.5. The average molecular weight is 288 g/mol. The molecular formula is C16H16O5. The third-order valence-electron chi connectivity index (χ3n) is 3.74. The molecule has 1 N–H and O–H groups in total. The molecule has 0 saturated heterocycles. The minimum absolute atomic E-state index is 0.0426. The van der Waals surface area contributed by atoms with Gasteiger partial charge in [-0.1, -0.05) is 0 Å². The summed E-state index contributed by atoms with van der Waals surface area (Å²) in [5.41, 5.74) is -0.286. The quantitative estimate of drug-likeness (QED) is 0.844. The second-order valence-corrected chi connectivity index (χ2v) is 5.55. The van der Waals surface area contributed by atoms with E-state index >= 15 is 0 Å². The highest BCUT2D eigenvalue weighted by Gasteiger charge is 2.41. The van der Waals surface area contributed by atoms with Gasteiger partial charge in [-0.15, -0.1) is 0 Å². The summed E-state index contributed by atoms with van der Waals surface area (Å²) in [7, 11) is 1.23. The van der Waals surface area contributed by atoms with Gasteiger partial charge in [0.2, 0.25) is 0 Å². The summed E-state index contributed by atoms with van der Waals surface area (Å²) in [6.07, 6.45) is 1.15. The summed E-state index contributed by atoms with van der Waals surface area (Å²) >= 11 is 0. The van der Waals surface area contributed by atoms with Crippen LogP contribution in [0, 0.1) is 12.3 Å². The van der Waals surface area contributed by atoms with E-state index in [0.29, 0.717) is 5.56 Å². The van der Waals surface area contributed by atoms with Crippen molar-refractivity contribution in [2.45, 2.75) is 20.8 Å². The van der Waals surface area contributed by atoms with E-state index in [4.69, 9.17) is 4.74 Å². The molecule has 0 unspecified atom stereocenters. The Labute approximate surface area is 122 Å². The number of phenols is 1. The van der Waals surface area contributed by atoms with E-state index in [-0.39, 0.29) is 22.4 Å². The maximum Gasteiger partial charge on any atom is 0.315 e. The molecule has 0 spiro atoms. The van der Waals surface area contributed by atoms with Crippen LogP contribution in [0.25, 0.3) is 0 Å². The van der Waals surface area contributed by atoms with Crippen LogP contribution in [-0.4, -0.2) is 29.8 Å². The number of carbonyl (C=O) groups is 3. The van der Waals surface area contributed by atoms with E-state index in [0.717, 1.165) is 6.08 Å². The fourth-order valence-corrected chi connectivity index (χ4v) is 2.34. The molecule has 1 aromatic rings. The van der Waals surface area contributed by atoms with Crippen molar-refractivity contribution in [1.29, 1.82) is 0 Å². The smallest absolute Gasteiger partial charge is 0.315 e. The Hall–Kier alpha value is -2.43. The van der Waals surface area contributed by atoms with Gasteiger partial charge in [-0.3, -0.25) is 14.4 Å². The number of hydrogen-bond donors (Lipinski definition) is 1.